The second kappa shape index (κ2) is 13.7. The van der Waals surface area contributed by atoms with E-state index in [0.29, 0.717) is 11.4 Å². The molecule has 3 heterocycles. The maximum absolute atomic E-state index is 5.71. The number of pyridine rings is 2. The summed E-state index contributed by atoms with van der Waals surface area (Å²) in [7, 11) is 0. The number of nitrogens with two attached hydrogens (primary N) is 2. The van der Waals surface area contributed by atoms with E-state index in [1.807, 2.05) is 97.6 Å². The van der Waals surface area contributed by atoms with Crippen molar-refractivity contribution in [2.45, 2.75) is 39.0 Å². The van der Waals surface area contributed by atoms with E-state index in [4.69, 9.17) is 11.5 Å². The zero-order valence-corrected chi connectivity index (χ0v) is 22.9. The summed E-state index contributed by atoms with van der Waals surface area (Å²) in [5.74, 6) is 0. The van der Waals surface area contributed by atoms with Crippen molar-refractivity contribution in [3.8, 4) is 0 Å². The van der Waals surface area contributed by atoms with Gasteiger partial charge in [-0.1, -0.05) is 0 Å². The van der Waals surface area contributed by atoms with Crippen molar-refractivity contribution >= 4 is 34.1 Å². The lowest BCUT2D eigenvalue weighted by molar-refractivity contribution is -0.726. The van der Waals surface area contributed by atoms with Crippen molar-refractivity contribution in [2.75, 3.05) is 11.5 Å². The van der Waals surface area contributed by atoms with Gasteiger partial charge in [0.25, 0.3) is 0 Å². The molecule has 41 heavy (non-hydrogen) atoms. The van der Waals surface area contributed by atoms with E-state index >= 15 is 0 Å². The van der Waals surface area contributed by atoms with Crippen molar-refractivity contribution < 1.29 is 13.7 Å². The van der Waals surface area contributed by atoms with Crippen LogP contribution >= 0.6 is 0 Å². The van der Waals surface area contributed by atoms with Gasteiger partial charge in [0.1, 0.15) is 12.4 Å². The van der Waals surface area contributed by atoms with Crippen molar-refractivity contribution in [3.05, 3.63) is 116 Å². The summed E-state index contributed by atoms with van der Waals surface area (Å²) in [6, 6.07) is 22.6. The van der Waals surface area contributed by atoms with Crippen LogP contribution in [0.3, 0.4) is 0 Å². The first kappa shape index (κ1) is 27.3. The van der Waals surface area contributed by atoms with Crippen LogP contribution in [0.5, 0.6) is 0 Å². The number of aromatic nitrogens is 4. The molecule has 5 aromatic rings. The monoisotopic (exact) mass is 547 g/mol. The van der Waals surface area contributed by atoms with Crippen molar-refractivity contribution in [1.82, 2.24) is 4.57 Å². The standard InChI is InChI=1S/C31H33N10/c32-26-3-7-28(8-4-26)34-36-30-11-19-38(20-12-30)15-1-17-40-23-24-41(25-40)18-2-16-39-21-13-31(14-22-39)37-35-29-9-5-27(33)6-10-29/h3-14,19-25,32-33H,1-2,15-18H2/q+1/p+2. The number of benzene rings is 2. The summed E-state index contributed by atoms with van der Waals surface area (Å²) in [5.41, 5.74) is 16.0. The van der Waals surface area contributed by atoms with Crippen LogP contribution in [-0.4, -0.2) is 4.57 Å². The average molecular weight is 548 g/mol. The highest BCUT2D eigenvalue weighted by atomic mass is 15.1. The number of hydrogen-bond acceptors (Lipinski definition) is 6. The molecule has 0 aliphatic heterocycles. The predicted octanol–water partition coefficient (Wildman–Crippen LogP) is 5.53. The van der Waals surface area contributed by atoms with E-state index in [-0.39, 0.29) is 0 Å². The molecule has 206 valence electrons. The van der Waals surface area contributed by atoms with Gasteiger partial charge < -0.3 is 11.5 Å². The van der Waals surface area contributed by atoms with Crippen molar-refractivity contribution in [1.29, 1.82) is 0 Å². The molecule has 0 saturated heterocycles. The maximum Gasteiger partial charge on any atom is 0.243 e. The fourth-order valence-corrected chi connectivity index (χ4v) is 4.22. The number of nitrogen functional groups attached to an aromatic ring is 2. The van der Waals surface area contributed by atoms with Crippen molar-refractivity contribution in [3.63, 3.8) is 0 Å². The zero-order valence-electron chi connectivity index (χ0n) is 22.9. The van der Waals surface area contributed by atoms with Crippen LogP contribution in [0, 0.1) is 0 Å². The summed E-state index contributed by atoms with van der Waals surface area (Å²) in [6.07, 6.45) is 16.7. The molecule has 0 fully saturated rings. The van der Waals surface area contributed by atoms with Crippen LogP contribution < -0.4 is 25.2 Å². The fraction of sp³-hybridized carbons (Fsp3) is 0.194. The molecule has 0 aliphatic rings. The summed E-state index contributed by atoms with van der Waals surface area (Å²) in [6.45, 7) is 3.78. The van der Waals surface area contributed by atoms with E-state index in [0.717, 1.165) is 61.8 Å². The number of imidazole rings is 1. The minimum Gasteiger partial charge on any atom is -0.399 e. The van der Waals surface area contributed by atoms with Crippen LogP contribution in [-0.2, 0) is 26.2 Å². The number of aryl methyl sites for hydroxylation is 4. The van der Waals surface area contributed by atoms with E-state index in [1.165, 1.54) is 0 Å². The number of azo groups is 2. The topological polar surface area (TPSA) is 118 Å². The molecule has 0 saturated carbocycles. The molecular formula is C31H35N10+3. The number of rotatable bonds is 12. The molecule has 5 rings (SSSR count). The minimum atomic E-state index is 0.716. The smallest absolute Gasteiger partial charge is 0.243 e. The van der Waals surface area contributed by atoms with Crippen LogP contribution in [0.2, 0.25) is 0 Å². The highest BCUT2D eigenvalue weighted by Gasteiger charge is 2.08. The molecule has 10 nitrogen and oxygen atoms in total. The maximum atomic E-state index is 5.71. The first-order valence-electron chi connectivity index (χ1n) is 13.7. The quantitative estimate of drug-likeness (QED) is 0.121. The Morgan fingerprint density at radius 2 is 0.902 bits per heavy atom. The van der Waals surface area contributed by atoms with Gasteiger partial charge in [-0.15, -0.1) is 0 Å². The van der Waals surface area contributed by atoms with Gasteiger partial charge in [0.2, 0.25) is 6.33 Å². The van der Waals surface area contributed by atoms with Gasteiger partial charge in [0.15, 0.2) is 37.9 Å². The molecule has 0 bridgehead atoms. The third kappa shape index (κ3) is 8.62. The second-order valence-electron chi connectivity index (χ2n) is 9.77. The Morgan fingerprint density at radius 3 is 1.39 bits per heavy atom. The molecule has 0 amide bonds. The number of hydrogen-bond donors (Lipinski definition) is 2. The Bertz CT molecular complexity index is 1450. The third-order valence-corrected chi connectivity index (χ3v) is 6.51. The molecule has 3 aromatic heterocycles. The van der Waals surface area contributed by atoms with Gasteiger partial charge in [0.05, 0.1) is 35.8 Å². The Morgan fingerprint density at radius 1 is 0.488 bits per heavy atom. The molecule has 0 aliphatic carbocycles. The summed E-state index contributed by atoms with van der Waals surface area (Å²) in [5, 5.41) is 17.1. The molecule has 0 spiro atoms. The summed E-state index contributed by atoms with van der Waals surface area (Å²) < 4.78 is 8.82. The van der Waals surface area contributed by atoms with Gasteiger partial charge in [-0.3, -0.25) is 0 Å². The van der Waals surface area contributed by atoms with Crippen LogP contribution in [0.4, 0.5) is 34.1 Å². The molecule has 0 radical (unpaired) electrons. The van der Waals surface area contributed by atoms with Crippen LogP contribution in [0.1, 0.15) is 12.8 Å². The predicted molar refractivity (Wildman–Crippen MR) is 157 cm³/mol. The van der Waals surface area contributed by atoms with E-state index < -0.39 is 0 Å². The largest absolute Gasteiger partial charge is 0.399 e. The van der Waals surface area contributed by atoms with Gasteiger partial charge in [-0.25, -0.2) is 18.3 Å². The van der Waals surface area contributed by atoms with E-state index in [2.05, 4.69) is 57.4 Å². The Hall–Kier alpha value is -5.25. The highest BCUT2D eigenvalue weighted by Crippen LogP contribution is 2.19. The molecule has 10 heteroatoms. The average Bonchev–Trinajstić information content (AvgIpc) is 3.45. The highest BCUT2D eigenvalue weighted by molar-refractivity contribution is 5.48. The first-order chi connectivity index (χ1) is 20.1. The lowest BCUT2D eigenvalue weighted by Crippen LogP contribution is -2.37. The van der Waals surface area contributed by atoms with E-state index in [1.54, 1.807) is 0 Å². The van der Waals surface area contributed by atoms with E-state index in [9.17, 15) is 0 Å². The first-order valence-corrected chi connectivity index (χ1v) is 13.7. The van der Waals surface area contributed by atoms with Crippen LogP contribution in [0.15, 0.2) is 137 Å². The number of nitrogens with zero attached hydrogens (tertiary/aromatic N) is 8. The molecular weight excluding hydrogens is 512 g/mol. The summed E-state index contributed by atoms with van der Waals surface area (Å²) in [4.78, 5) is 0. The van der Waals surface area contributed by atoms with Gasteiger partial charge in [-0.2, -0.15) is 20.5 Å². The second-order valence-corrected chi connectivity index (χ2v) is 9.77. The Labute approximate surface area is 239 Å². The number of anilines is 2. The van der Waals surface area contributed by atoms with Crippen LogP contribution in [0.25, 0.3) is 0 Å². The zero-order chi connectivity index (χ0) is 28.3. The molecule has 0 unspecified atom stereocenters. The Balaban J connectivity index is 1.01. The summed E-state index contributed by atoms with van der Waals surface area (Å²) >= 11 is 0. The molecule has 2 aromatic carbocycles. The third-order valence-electron chi connectivity index (χ3n) is 6.51. The molecule has 4 N–H and O–H groups in total. The lowest BCUT2D eigenvalue weighted by atomic mass is 10.3. The Kier molecular flexibility index (Phi) is 9.13. The lowest BCUT2D eigenvalue weighted by Gasteiger charge is -1.98. The van der Waals surface area contributed by atoms with Gasteiger partial charge in [-0.05, 0) is 48.5 Å². The SMILES string of the molecule is Nc1ccc(/N=N\c2cc[n+](CCCn3cc[n+](CCC[n+]4ccc(/N=N\c5ccc(N)cc5)cc4)c3)cc2)cc1. The minimum absolute atomic E-state index is 0.716. The van der Waals surface area contributed by atoms with Crippen molar-refractivity contribution in [2.24, 2.45) is 20.5 Å². The van der Waals surface area contributed by atoms with Gasteiger partial charge >= 0.3 is 0 Å². The fourth-order valence-electron chi connectivity index (χ4n) is 4.22. The molecule has 0 atom stereocenters. The van der Waals surface area contributed by atoms with Gasteiger partial charge in [0, 0.05) is 48.5 Å². The normalized spacial score (nSPS) is 11.5.